The van der Waals surface area contributed by atoms with Crippen molar-refractivity contribution in [2.45, 2.75) is 30.6 Å². The van der Waals surface area contributed by atoms with Crippen molar-refractivity contribution in [2.24, 2.45) is 0 Å². The molecule has 4 heteroatoms. The summed E-state index contributed by atoms with van der Waals surface area (Å²) in [6.45, 7) is 1.94. The highest BCUT2D eigenvalue weighted by Gasteiger charge is 2.13. The molecule has 1 atom stereocenters. The summed E-state index contributed by atoms with van der Waals surface area (Å²) < 4.78 is 0. The molecular formula is C12H15Cl2NO. The molecule has 0 spiro atoms. The molecule has 0 aliphatic heterocycles. The van der Waals surface area contributed by atoms with Crippen molar-refractivity contribution in [3.8, 4) is 0 Å². The number of benzene rings is 1. The van der Waals surface area contributed by atoms with Crippen molar-refractivity contribution in [3.63, 3.8) is 0 Å². The summed E-state index contributed by atoms with van der Waals surface area (Å²) in [7, 11) is 0. The number of halogens is 2. The van der Waals surface area contributed by atoms with Gasteiger partial charge in [0.2, 0.25) is 0 Å². The van der Waals surface area contributed by atoms with Gasteiger partial charge in [0.15, 0.2) is 4.84 Å². The fraction of sp³-hybridized carbons (Fsp3) is 0.417. The summed E-state index contributed by atoms with van der Waals surface area (Å²) in [6, 6.07) is 10.2. The molecule has 0 radical (unpaired) electrons. The molecule has 1 N–H and O–H groups in total. The molecule has 0 heterocycles. The highest BCUT2D eigenvalue weighted by Crippen LogP contribution is 2.06. The summed E-state index contributed by atoms with van der Waals surface area (Å²) in [5, 5.41) is 2.75. The molecule has 1 aromatic rings. The lowest BCUT2D eigenvalue weighted by Gasteiger charge is -2.14. The molecule has 0 saturated heterocycles. The van der Waals surface area contributed by atoms with E-state index in [2.05, 4.69) is 17.4 Å². The van der Waals surface area contributed by atoms with Crippen LogP contribution in [0.5, 0.6) is 0 Å². The van der Waals surface area contributed by atoms with Gasteiger partial charge >= 0.3 is 0 Å². The number of alkyl halides is 2. The molecule has 1 unspecified atom stereocenters. The first kappa shape index (κ1) is 13.3. The Morgan fingerprint density at radius 2 is 1.94 bits per heavy atom. The molecule has 16 heavy (non-hydrogen) atoms. The number of carbonyl (C=O) groups is 1. The fourth-order valence-electron chi connectivity index (χ4n) is 1.41. The number of hydrogen-bond donors (Lipinski definition) is 1. The average molecular weight is 260 g/mol. The second-order valence-electron chi connectivity index (χ2n) is 3.73. The first-order chi connectivity index (χ1) is 7.59. The van der Waals surface area contributed by atoms with Gasteiger partial charge in [0.05, 0.1) is 0 Å². The minimum atomic E-state index is -0.987. The largest absolute Gasteiger partial charge is 0.351 e. The summed E-state index contributed by atoms with van der Waals surface area (Å²) >= 11 is 10.9. The van der Waals surface area contributed by atoms with Crippen molar-refractivity contribution in [1.29, 1.82) is 0 Å². The van der Waals surface area contributed by atoms with Gasteiger partial charge in [0.1, 0.15) is 0 Å². The van der Waals surface area contributed by atoms with E-state index in [-0.39, 0.29) is 11.9 Å². The summed E-state index contributed by atoms with van der Waals surface area (Å²) in [6.07, 6.45) is 1.80. The second kappa shape index (κ2) is 6.77. The lowest BCUT2D eigenvalue weighted by molar-refractivity contribution is -0.120. The lowest BCUT2D eigenvalue weighted by Crippen LogP contribution is -2.36. The molecule has 0 saturated carbocycles. The van der Waals surface area contributed by atoms with Crippen molar-refractivity contribution in [2.75, 3.05) is 0 Å². The first-order valence-corrected chi connectivity index (χ1v) is 6.09. The molecule has 1 rings (SSSR count). The Bertz CT molecular complexity index is 327. The minimum Gasteiger partial charge on any atom is -0.351 e. The Hall–Kier alpha value is -0.730. The van der Waals surface area contributed by atoms with E-state index in [4.69, 9.17) is 23.2 Å². The zero-order valence-corrected chi connectivity index (χ0v) is 10.6. The maximum Gasteiger partial charge on any atom is 0.253 e. The van der Waals surface area contributed by atoms with Crippen LogP contribution in [0.25, 0.3) is 0 Å². The van der Waals surface area contributed by atoms with Crippen molar-refractivity contribution in [1.82, 2.24) is 5.32 Å². The van der Waals surface area contributed by atoms with Crippen LogP contribution in [0.3, 0.4) is 0 Å². The van der Waals surface area contributed by atoms with E-state index in [1.807, 2.05) is 25.1 Å². The van der Waals surface area contributed by atoms with Crippen molar-refractivity contribution >= 4 is 29.1 Å². The number of carbonyl (C=O) groups excluding carboxylic acids is 1. The molecule has 0 aromatic heterocycles. The van der Waals surface area contributed by atoms with Crippen LogP contribution in [0.2, 0.25) is 0 Å². The van der Waals surface area contributed by atoms with E-state index >= 15 is 0 Å². The van der Waals surface area contributed by atoms with Crippen LogP contribution in [-0.2, 0) is 11.2 Å². The zero-order chi connectivity index (χ0) is 12.0. The summed E-state index contributed by atoms with van der Waals surface area (Å²) in [4.78, 5) is 10.2. The van der Waals surface area contributed by atoms with Crippen molar-refractivity contribution < 1.29 is 4.79 Å². The Kier molecular flexibility index (Phi) is 5.64. The van der Waals surface area contributed by atoms with Gasteiger partial charge in [-0.1, -0.05) is 53.5 Å². The van der Waals surface area contributed by atoms with Gasteiger partial charge in [-0.05, 0) is 25.3 Å². The highest BCUT2D eigenvalue weighted by atomic mass is 35.5. The molecule has 0 aliphatic rings. The molecule has 88 valence electrons. The van der Waals surface area contributed by atoms with Crippen molar-refractivity contribution in [3.05, 3.63) is 35.9 Å². The van der Waals surface area contributed by atoms with Crippen LogP contribution in [0.4, 0.5) is 0 Å². The maximum atomic E-state index is 11.2. The van der Waals surface area contributed by atoms with Crippen LogP contribution in [0, 0.1) is 0 Å². The van der Waals surface area contributed by atoms with E-state index in [0.717, 1.165) is 12.8 Å². The number of rotatable bonds is 5. The Morgan fingerprint density at radius 1 is 1.31 bits per heavy atom. The molecule has 0 fully saturated rings. The molecule has 0 bridgehead atoms. The van der Waals surface area contributed by atoms with E-state index in [9.17, 15) is 4.79 Å². The SMILES string of the molecule is CC(CCc1ccccc1)NC(=O)C(Cl)Cl. The predicted molar refractivity (Wildman–Crippen MR) is 67.9 cm³/mol. The topological polar surface area (TPSA) is 29.1 Å². The summed E-state index contributed by atoms with van der Waals surface area (Å²) in [5.74, 6) is -0.330. The average Bonchev–Trinajstić information content (AvgIpc) is 2.27. The van der Waals surface area contributed by atoms with Gasteiger partial charge in [0.25, 0.3) is 5.91 Å². The van der Waals surface area contributed by atoms with Crippen LogP contribution in [0.1, 0.15) is 18.9 Å². The number of nitrogens with one attached hydrogen (secondary N) is 1. The van der Waals surface area contributed by atoms with Gasteiger partial charge in [-0.15, -0.1) is 0 Å². The van der Waals surface area contributed by atoms with E-state index in [1.165, 1.54) is 5.56 Å². The lowest BCUT2D eigenvalue weighted by atomic mass is 10.1. The van der Waals surface area contributed by atoms with Gasteiger partial charge in [-0.25, -0.2) is 0 Å². The number of hydrogen-bond acceptors (Lipinski definition) is 1. The molecule has 1 amide bonds. The summed E-state index contributed by atoms with van der Waals surface area (Å²) in [5.41, 5.74) is 1.26. The first-order valence-electron chi connectivity index (χ1n) is 5.22. The second-order valence-corrected chi connectivity index (χ2v) is 4.83. The smallest absolute Gasteiger partial charge is 0.253 e. The van der Waals surface area contributed by atoms with Crippen LogP contribution >= 0.6 is 23.2 Å². The number of aryl methyl sites for hydroxylation is 1. The number of amides is 1. The predicted octanol–water partition coefficient (Wildman–Crippen LogP) is 2.93. The van der Waals surface area contributed by atoms with Crippen LogP contribution in [0.15, 0.2) is 30.3 Å². The quantitative estimate of drug-likeness (QED) is 0.810. The Balaban J connectivity index is 2.30. The molecule has 2 nitrogen and oxygen atoms in total. The zero-order valence-electron chi connectivity index (χ0n) is 9.12. The molecule has 0 aliphatic carbocycles. The Morgan fingerprint density at radius 3 is 2.50 bits per heavy atom. The highest BCUT2D eigenvalue weighted by molar-refractivity contribution is 6.53. The molecular weight excluding hydrogens is 245 g/mol. The third kappa shape index (κ3) is 4.86. The van der Waals surface area contributed by atoms with Gasteiger partial charge < -0.3 is 5.32 Å². The van der Waals surface area contributed by atoms with E-state index < -0.39 is 4.84 Å². The molecule has 1 aromatic carbocycles. The van der Waals surface area contributed by atoms with Crippen LogP contribution in [-0.4, -0.2) is 16.8 Å². The standard InChI is InChI=1S/C12H15Cl2NO/c1-9(15-12(16)11(13)14)7-8-10-5-3-2-4-6-10/h2-6,9,11H,7-8H2,1H3,(H,15,16). The fourth-order valence-corrected chi connectivity index (χ4v) is 1.53. The minimum absolute atomic E-state index is 0.0766. The third-order valence-electron chi connectivity index (χ3n) is 2.30. The van der Waals surface area contributed by atoms with Gasteiger partial charge in [0, 0.05) is 6.04 Å². The maximum absolute atomic E-state index is 11.2. The van der Waals surface area contributed by atoms with Gasteiger partial charge in [-0.2, -0.15) is 0 Å². The van der Waals surface area contributed by atoms with E-state index in [1.54, 1.807) is 0 Å². The van der Waals surface area contributed by atoms with E-state index in [0.29, 0.717) is 0 Å². The van der Waals surface area contributed by atoms with Gasteiger partial charge in [-0.3, -0.25) is 4.79 Å². The van der Waals surface area contributed by atoms with Crippen LogP contribution < -0.4 is 5.32 Å². The Labute approximate surface area is 106 Å². The monoisotopic (exact) mass is 259 g/mol. The normalized spacial score (nSPS) is 12.5. The third-order valence-corrected chi connectivity index (χ3v) is 2.69.